The minimum Gasteiger partial charge on any atom is -0.481 e. The Morgan fingerprint density at radius 3 is 2.80 bits per heavy atom. The number of hydrogen-bond donors (Lipinski definition) is 3. The Morgan fingerprint density at radius 1 is 1.70 bits per heavy atom. The largest absolute Gasteiger partial charge is 0.481 e. The van der Waals surface area contributed by atoms with E-state index in [9.17, 15) is 9.59 Å². The van der Waals surface area contributed by atoms with Crippen LogP contribution in [0.2, 0.25) is 0 Å². The van der Waals surface area contributed by atoms with Gasteiger partial charge in [-0.25, -0.2) is 0 Å². The Hall–Kier alpha value is -1.52. The van der Waals surface area contributed by atoms with Crippen molar-refractivity contribution in [1.82, 2.24) is 10.2 Å². The summed E-state index contributed by atoms with van der Waals surface area (Å²) < 4.78 is 0. The first-order valence-corrected chi connectivity index (χ1v) is 2.67. The van der Waals surface area contributed by atoms with Crippen molar-refractivity contribution in [1.29, 1.82) is 0 Å². The lowest BCUT2D eigenvalue weighted by Crippen LogP contribution is -2.10. The Morgan fingerprint density at radius 2 is 2.40 bits per heavy atom. The van der Waals surface area contributed by atoms with Crippen LogP contribution in [0.4, 0.5) is 0 Å². The number of hydrogen-bond acceptors (Lipinski definition) is 2. The van der Waals surface area contributed by atoms with Crippen LogP contribution in [-0.2, 0) is 11.2 Å². The predicted octanol–water partition coefficient (Wildman–Crippen LogP) is -0.670. The molecule has 0 amide bonds. The molecule has 0 bridgehead atoms. The molecule has 0 atom stereocenters. The van der Waals surface area contributed by atoms with Crippen LogP contribution in [0, 0.1) is 0 Å². The second-order valence-corrected chi connectivity index (χ2v) is 1.84. The van der Waals surface area contributed by atoms with Gasteiger partial charge in [0, 0.05) is 11.8 Å². The van der Waals surface area contributed by atoms with E-state index in [0.29, 0.717) is 0 Å². The molecule has 0 aliphatic carbocycles. The number of carboxylic acids is 1. The Bertz CT molecular complexity index is 285. The minimum atomic E-state index is -1.01. The average Bonchev–Trinajstić information content (AvgIpc) is 2.15. The monoisotopic (exact) mass is 142 g/mol. The van der Waals surface area contributed by atoms with Gasteiger partial charge in [-0.3, -0.25) is 14.7 Å². The van der Waals surface area contributed by atoms with Crippen LogP contribution in [-0.4, -0.2) is 21.3 Å². The van der Waals surface area contributed by atoms with Crippen LogP contribution >= 0.6 is 0 Å². The molecule has 5 heteroatoms. The summed E-state index contributed by atoms with van der Waals surface area (Å²) in [6.07, 6.45) is 1.11. The number of nitrogens with one attached hydrogen (secondary N) is 2. The normalized spacial score (nSPS) is 9.60. The molecule has 3 N–H and O–H groups in total. The molecule has 1 aromatic rings. The highest BCUT2D eigenvalue weighted by molar-refractivity contribution is 5.69. The Balaban J connectivity index is 2.85. The van der Waals surface area contributed by atoms with Crippen LogP contribution in [0.15, 0.2) is 11.0 Å². The number of carboxylic acid groups (broad SMARTS) is 1. The van der Waals surface area contributed by atoms with Crippen molar-refractivity contribution in [2.75, 3.05) is 0 Å². The summed E-state index contributed by atoms with van der Waals surface area (Å²) in [5, 5.41) is 12.9. The molecular formula is C5H6N2O3. The van der Waals surface area contributed by atoms with Gasteiger partial charge in [0.05, 0.1) is 6.42 Å². The topological polar surface area (TPSA) is 85.9 Å². The van der Waals surface area contributed by atoms with Gasteiger partial charge in [0.25, 0.3) is 5.56 Å². The lowest BCUT2D eigenvalue weighted by Gasteiger charge is -1.83. The second kappa shape index (κ2) is 2.38. The standard InChI is InChI=1S/C5H6N2O3/c8-4(9)1-3-2-6-7-5(3)10/h2H,1H2,(H,8,9)(H2,6,7,10). The second-order valence-electron chi connectivity index (χ2n) is 1.84. The van der Waals surface area contributed by atoms with E-state index in [1.165, 1.54) is 6.20 Å². The molecule has 0 aromatic carbocycles. The van der Waals surface area contributed by atoms with E-state index in [1.807, 2.05) is 0 Å². The number of carbonyl (C=O) groups is 1. The summed E-state index contributed by atoms with van der Waals surface area (Å²) in [7, 11) is 0. The first kappa shape index (κ1) is 6.60. The highest BCUT2D eigenvalue weighted by Crippen LogP contribution is 1.86. The van der Waals surface area contributed by atoms with Crippen molar-refractivity contribution in [3.8, 4) is 0 Å². The maximum atomic E-state index is 10.6. The van der Waals surface area contributed by atoms with Gasteiger partial charge in [-0.2, -0.15) is 0 Å². The fraction of sp³-hybridized carbons (Fsp3) is 0.200. The smallest absolute Gasteiger partial charge is 0.308 e. The van der Waals surface area contributed by atoms with Crippen LogP contribution < -0.4 is 5.56 Å². The molecule has 1 heterocycles. The predicted molar refractivity (Wildman–Crippen MR) is 32.8 cm³/mol. The number of rotatable bonds is 2. The third-order valence-corrected chi connectivity index (χ3v) is 1.07. The molecular weight excluding hydrogens is 136 g/mol. The van der Waals surface area contributed by atoms with Crippen LogP contribution in [0.1, 0.15) is 5.56 Å². The number of H-pyrrole nitrogens is 2. The maximum absolute atomic E-state index is 10.6. The van der Waals surface area contributed by atoms with Crippen molar-refractivity contribution < 1.29 is 9.90 Å². The molecule has 1 aromatic heterocycles. The molecule has 0 saturated heterocycles. The van der Waals surface area contributed by atoms with Crippen molar-refractivity contribution in [2.24, 2.45) is 0 Å². The van der Waals surface area contributed by atoms with Crippen molar-refractivity contribution in [3.05, 3.63) is 22.1 Å². The summed E-state index contributed by atoms with van der Waals surface area (Å²) in [5.41, 5.74) is -0.130. The molecule has 54 valence electrons. The van der Waals surface area contributed by atoms with E-state index in [0.717, 1.165) is 0 Å². The fourth-order valence-electron chi connectivity index (χ4n) is 0.629. The zero-order chi connectivity index (χ0) is 7.56. The van der Waals surface area contributed by atoms with Gasteiger partial charge in [0.15, 0.2) is 0 Å². The van der Waals surface area contributed by atoms with Crippen molar-refractivity contribution in [3.63, 3.8) is 0 Å². The Kier molecular flexibility index (Phi) is 1.57. The lowest BCUT2D eigenvalue weighted by atomic mass is 10.3. The van der Waals surface area contributed by atoms with Gasteiger partial charge in [-0.15, -0.1) is 0 Å². The van der Waals surface area contributed by atoms with E-state index in [1.54, 1.807) is 0 Å². The number of aromatic nitrogens is 2. The highest BCUT2D eigenvalue weighted by atomic mass is 16.4. The van der Waals surface area contributed by atoms with E-state index in [2.05, 4.69) is 10.2 Å². The first-order valence-electron chi connectivity index (χ1n) is 2.67. The van der Waals surface area contributed by atoms with Gasteiger partial charge in [-0.1, -0.05) is 0 Å². The van der Waals surface area contributed by atoms with Gasteiger partial charge in [0.2, 0.25) is 0 Å². The lowest BCUT2D eigenvalue weighted by molar-refractivity contribution is -0.136. The molecule has 5 nitrogen and oxygen atoms in total. The molecule has 0 radical (unpaired) electrons. The number of aromatic amines is 2. The maximum Gasteiger partial charge on any atom is 0.308 e. The zero-order valence-electron chi connectivity index (χ0n) is 5.05. The summed E-state index contributed by atoms with van der Waals surface area (Å²) in [6.45, 7) is 0. The van der Waals surface area contributed by atoms with E-state index >= 15 is 0 Å². The third kappa shape index (κ3) is 1.25. The summed E-state index contributed by atoms with van der Waals surface area (Å²) in [4.78, 5) is 20.7. The average molecular weight is 142 g/mol. The molecule has 1 rings (SSSR count). The zero-order valence-corrected chi connectivity index (χ0v) is 5.05. The minimum absolute atomic E-state index is 0.237. The quantitative estimate of drug-likeness (QED) is 0.511. The fourth-order valence-corrected chi connectivity index (χ4v) is 0.629. The summed E-state index contributed by atoms with van der Waals surface area (Å²) >= 11 is 0. The molecule has 0 aliphatic rings. The third-order valence-electron chi connectivity index (χ3n) is 1.07. The van der Waals surface area contributed by atoms with Gasteiger partial charge < -0.3 is 10.2 Å². The van der Waals surface area contributed by atoms with Crippen molar-refractivity contribution >= 4 is 5.97 Å². The van der Waals surface area contributed by atoms with Gasteiger partial charge in [-0.05, 0) is 0 Å². The highest BCUT2D eigenvalue weighted by Gasteiger charge is 2.04. The van der Waals surface area contributed by atoms with Crippen LogP contribution in [0.5, 0.6) is 0 Å². The van der Waals surface area contributed by atoms with Gasteiger partial charge >= 0.3 is 5.97 Å². The number of aliphatic carboxylic acids is 1. The van der Waals surface area contributed by atoms with E-state index in [4.69, 9.17) is 5.11 Å². The molecule has 0 unspecified atom stereocenters. The van der Waals surface area contributed by atoms with Crippen LogP contribution in [0.25, 0.3) is 0 Å². The Labute approximate surface area is 55.7 Å². The molecule has 0 spiro atoms. The van der Waals surface area contributed by atoms with E-state index < -0.39 is 5.97 Å². The SMILES string of the molecule is O=C(O)Cc1c[nH][nH]c1=O. The summed E-state index contributed by atoms with van der Waals surface area (Å²) in [6, 6.07) is 0. The summed E-state index contributed by atoms with van der Waals surface area (Å²) in [5.74, 6) is -1.01. The molecule has 0 saturated carbocycles. The van der Waals surface area contributed by atoms with Crippen LogP contribution in [0.3, 0.4) is 0 Å². The molecule has 0 aliphatic heterocycles. The van der Waals surface area contributed by atoms with Crippen molar-refractivity contribution in [2.45, 2.75) is 6.42 Å². The first-order chi connectivity index (χ1) is 4.70. The van der Waals surface area contributed by atoms with E-state index in [-0.39, 0.29) is 17.5 Å². The molecule has 0 fully saturated rings. The van der Waals surface area contributed by atoms with Gasteiger partial charge in [0.1, 0.15) is 0 Å². The molecule has 10 heavy (non-hydrogen) atoms.